The van der Waals surface area contributed by atoms with Gasteiger partial charge in [-0.2, -0.15) is 0 Å². The Kier molecular flexibility index (Phi) is 5.12. The third kappa shape index (κ3) is 3.19. The lowest BCUT2D eigenvalue weighted by molar-refractivity contribution is -0.145. The van der Waals surface area contributed by atoms with Gasteiger partial charge in [0.05, 0.1) is 18.8 Å². The van der Waals surface area contributed by atoms with Crippen LogP contribution in [0.25, 0.3) is 0 Å². The molecule has 1 saturated heterocycles. The second-order valence-corrected chi connectivity index (χ2v) is 5.56. The Morgan fingerprint density at radius 2 is 1.80 bits per heavy atom. The van der Waals surface area contributed by atoms with Crippen molar-refractivity contribution >= 4 is 0 Å². The molecule has 0 amide bonds. The van der Waals surface area contributed by atoms with Crippen LogP contribution in [0, 0.1) is 0 Å². The number of rotatable bonds is 4. The Balaban J connectivity index is 2.07. The summed E-state index contributed by atoms with van der Waals surface area (Å²) < 4.78 is 0. The highest BCUT2D eigenvalue weighted by atomic mass is 16.4. The molecule has 1 heterocycles. The van der Waals surface area contributed by atoms with E-state index in [0.29, 0.717) is 6.54 Å². The van der Waals surface area contributed by atoms with Gasteiger partial charge in [0.1, 0.15) is 12.2 Å². The van der Waals surface area contributed by atoms with Crippen LogP contribution >= 0.6 is 0 Å². The van der Waals surface area contributed by atoms with E-state index < -0.39 is 24.4 Å². The standard InChI is InChI=1S/C15H23NO4/c1-10(11-5-3-2-4-6-11)7-16-8-13(18)15(20)14(19)12(16)9-17/h2-6,10,12-15,17-20H,7-9H2,1H3/t10-,12?,13?,14?,15?/m1/s1. The van der Waals surface area contributed by atoms with Crippen LogP contribution in [0.2, 0.25) is 0 Å². The summed E-state index contributed by atoms with van der Waals surface area (Å²) in [6.45, 7) is 2.68. The van der Waals surface area contributed by atoms with Crippen LogP contribution in [-0.4, -0.2) is 69.4 Å². The third-order valence-corrected chi connectivity index (χ3v) is 4.09. The van der Waals surface area contributed by atoms with Gasteiger partial charge in [-0.15, -0.1) is 0 Å². The first kappa shape index (κ1) is 15.4. The van der Waals surface area contributed by atoms with E-state index in [4.69, 9.17) is 0 Å². The Bertz CT molecular complexity index is 414. The maximum atomic E-state index is 9.95. The molecule has 20 heavy (non-hydrogen) atoms. The first-order valence-corrected chi connectivity index (χ1v) is 6.98. The van der Waals surface area contributed by atoms with Crippen molar-refractivity contribution in [1.29, 1.82) is 0 Å². The smallest absolute Gasteiger partial charge is 0.109 e. The molecule has 1 aliphatic heterocycles. The molecular weight excluding hydrogens is 258 g/mol. The van der Waals surface area contributed by atoms with Crippen LogP contribution < -0.4 is 0 Å². The van der Waals surface area contributed by atoms with E-state index in [1.165, 1.54) is 5.56 Å². The molecule has 0 saturated carbocycles. The molecule has 0 spiro atoms. The predicted octanol–water partition coefficient (Wildman–Crippen LogP) is -0.451. The van der Waals surface area contributed by atoms with E-state index >= 15 is 0 Å². The fourth-order valence-electron chi connectivity index (χ4n) is 2.83. The molecule has 0 bridgehead atoms. The topological polar surface area (TPSA) is 84.2 Å². The molecule has 1 aromatic rings. The molecule has 4 N–H and O–H groups in total. The molecule has 1 aromatic carbocycles. The van der Waals surface area contributed by atoms with Crippen molar-refractivity contribution in [3.05, 3.63) is 35.9 Å². The van der Waals surface area contributed by atoms with Crippen molar-refractivity contribution in [2.24, 2.45) is 0 Å². The number of likely N-dealkylation sites (tertiary alicyclic amines) is 1. The zero-order chi connectivity index (χ0) is 14.7. The van der Waals surface area contributed by atoms with Gasteiger partial charge in [0.15, 0.2) is 0 Å². The average Bonchev–Trinajstić information content (AvgIpc) is 2.46. The number of benzene rings is 1. The van der Waals surface area contributed by atoms with Crippen molar-refractivity contribution in [3.8, 4) is 0 Å². The normalized spacial score (nSPS) is 33.0. The van der Waals surface area contributed by atoms with E-state index in [-0.39, 0.29) is 19.1 Å². The molecule has 5 atom stereocenters. The summed E-state index contributed by atoms with van der Waals surface area (Å²) in [5, 5.41) is 38.8. The van der Waals surface area contributed by atoms with Crippen LogP contribution in [-0.2, 0) is 0 Å². The summed E-state index contributed by atoms with van der Waals surface area (Å²) in [6, 6.07) is 9.42. The largest absolute Gasteiger partial charge is 0.395 e. The highest BCUT2D eigenvalue weighted by Crippen LogP contribution is 2.23. The lowest BCUT2D eigenvalue weighted by Crippen LogP contribution is -2.62. The third-order valence-electron chi connectivity index (χ3n) is 4.09. The van der Waals surface area contributed by atoms with Gasteiger partial charge in [-0.3, -0.25) is 4.90 Å². The van der Waals surface area contributed by atoms with Gasteiger partial charge in [-0.1, -0.05) is 37.3 Å². The number of aliphatic hydroxyl groups excluding tert-OH is 4. The van der Waals surface area contributed by atoms with Gasteiger partial charge in [-0.05, 0) is 11.5 Å². The van der Waals surface area contributed by atoms with Gasteiger partial charge in [0.2, 0.25) is 0 Å². The van der Waals surface area contributed by atoms with Crippen LogP contribution in [0.4, 0.5) is 0 Å². The molecule has 0 aromatic heterocycles. The fourth-order valence-corrected chi connectivity index (χ4v) is 2.83. The highest BCUT2D eigenvalue weighted by Gasteiger charge is 2.41. The van der Waals surface area contributed by atoms with Gasteiger partial charge in [0, 0.05) is 13.1 Å². The Hall–Kier alpha value is -0.980. The van der Waals surface area contributed by atoms with E-state index in [1.807, 2.05) is 35.2 Å². The van der Waals surface area contributed by atoms with E-state index in [1.54, 1.807) is 0 Å². The van der Waals surface area contributed by atoms with Crippen LogP contribution in [0.1, 0.15) is 18.4 Å². The Morgan fingerprint density at radius 3 is 2.40 bits per heavy atom. The fraction of sp³-hybridized carbons (Fsp3) is 0.600. The molecule has 5 heteroatoms. The minimum atomic E-state index is -1.20. The summed E-state index contributed by atoms with van der Waals surface area (Å²) in [6.07, 6.45) is -3.32. The summed E-state index contributed by atoms with van der Waals surface area (Å²) in [5.74, 6) is 0.208. The van der Waals surface area contributed by atoms with Gasteiger partial charge in [0.25, 0.3) is 0 Å². The van der Waals surface area contributed by atoms with Crippen molar-refractivity contribution in [1.82, 2.24) is 4.90 Å². The quantitative estimate of drug-likeness (QED) is 0.601. The summed E-state index contributed by atoms with van der Waals surface area (Å²) in [4.78, 5) is 1.85. The summed E-state index contributed by atoms with van der Waals surface area (Å²) in [5.41, 5.74) is 1.17. The van der Waals surface area contributed by atoms with Gasteiger partial charge < -0.3 is 20.4 Å². The van der Waals surface area contributed by atoms with Crippen LogP contribution in [0.5, 0.6) is 0 Å². The van der Waals surface area contributed by atoms with Gasteiger partial charge >= 0.3 is 0 Å². The van der Waals surface area contributed by atoms with Crippen LogP contribution in [0.3, 0.4) is 0 Å². The zero-order valence-electron chi connectivity index (χ0n) is 11.6. The first-order chi connectivity index (χ1) is 9.54. The van der Waals surface area contributed by atoms with E-state index in [9.17, 15) is 20.4 Å². The lowest BCUT2D eigenvalue weighted by atomic mass is 9.92. The molecule has 2 rings (SSSR count). The zero-order valence-corrected chi connectivity index (χ0v) is 11.6. The molecule has 1 aliphatic rings. The molecule has 5 nitrogen and oxygen atoms in total. The minimum Gasteiger partial charge on any atom is -0.395 e. The SMILES string of the molecule is C[C@H](CN1CC(O)C(O)C(O)C1CO)c1ccccc1. The lowest BCUT2D eigenvalue weighted by Gasteiger charge is -2.44. The predicted molar refractivity (Wildman–Crippen MR) is 75.3 cm³/mol. The molecule has 1 fully saturated rings. The summed E-state index contributed by atoms with van der Waals surface area (Å²) in [7, 11) is 0. The van der Waals surface area contributed by atoms with Crippen molar-refractivity contribution in [2.75, 3.05) is 19.7 Å². The molecule has 0 aliphatic carbocycles. The van der Waals surface area contributed by atoms with E-state index in [0.717, 1.165) is 0 Å². The number of hydrogen-bond acceptors (Lipinski definition) is 5. The van der Waals surface area contributed by atoms with E-state index in [2.05, 4.69) is 6.92 Å². The second-order valence-electron chi connectivity index (χ2n) is 5.56. The van der Waals surface area contributed by atoms with Crippen LogP contribution in [0.15, 0.2) is 30.3 Å². The average molecular weight is 281 g/mol. The maximum Gasteiger partial charge on any atom is 0.109 e. The number of piperidine rings is 1. The number of aliphatic hydroxyl groups is 4. The molecule has 4 unspecified atom stereocenters. The minimum absolute atomic E-state index is 0.208. The highest BCUT2D eigenvalue weighted by molar-refractivity contribution is 5.19. The number of nitrogens with zero attached hydrogens (tertiary/aromatic N) is 1. The number of hydrogen-bond donors (Lipinski definition) is 4. The van der Waals surface area contributed by atoms with Crippen molar-refractivity contribution < 1.29 is 20.4 Å². The molecule has 0 radical (unpaired) electrons. The monoisotopic (exact) mass is 281 g/mol. The molecular formula is C15H23NO4. The Morgan fingerprint density at radius 1 is 1.15 bits per heavy atom. The first-order valence-electron chi connectivity index (χ1n) is 6.98. The molecule has 112 valence electrons. The maximum absolute atomic E-state index is 9.95. The van der Waals surface area contributed by atoms with Crippen molar-refractivity contribution in [3.63, 3.8) is 0 Å². The summed E-state index contributed by atoms with van der Waals surface area (Å²) >= 11 is 0. The Labute approximate surface area is 119 Å². The van der Waals surface area contributed by atoms with Gasteiger partial charge in [-0.25, -0.2) is 0 Å². The number of β-amino-alcohol motifs (C(OH)–C–C–N with tert-alkyl or cyclic N) is 1. The second kappa shape index (κ2) is 6.65. The van der Waals surface area contributed by atoms with Crippen molar-refractivity contribution in [2.45, 2.75) is 37.2 Å².